The Labute approximate surface area is 211 Å². The van der Waals surface area contributed by atoms with Crippen molar-refractivity contribution in [2.75, 3.05) is 16.8 Å². The Morgan fingerprint density at radius 1 is 1.17 bits per heavy atom. The van der Waals surface area contributed by atoms with E-state index in [1.54, 1.807) is 48.7 Å². The van der Waals surface area contributed by atoms with Gasteiger partial charge in [-0.15, -0.1) is 11.3 Å². The number of hydrogen-bond donors (Lipinski definition) is 1. The molecule has 2 amide bonds. The van der Waals surface area contributed by atoms with Gasteiger partial charge in [0.05, 0.1) is 27.8 Å². The number of anilines is 2. The summed E-state index contributed by atoms with van der Waals surface area (Å²) < 4.78 is 5.82. The summed E-state index contributed by atoms with van der Waals surface area (Å²) in [5, 5.41) is 4.01. The lowest BCUT2D eigenvalue weighted by Gasteiger charge is -2.33. The Balaban J connectivity index is 1.47. The maximum Gasteiger partial charge on any atom is 0.268 e. The van der Waals surface area contributed by atoms with Crippen LogP contribution in [-0.4, -0.2) is 34.4 Å². The van der Waals surface area contributed by atoms with E-state index in [4.69, 9.17) is 21.3 Å². The molecule has 2 aromatic carbocycles. The summed E-state index contributed by atoms with van der Waals surface area (Å²) in [6.45, 7) is 3.49. The summed E-state index contributed by atoms with van der Waals surface area (Å²) in [6, 6.07) is 18.2. The zero-order valence-corrected chi connectivity index (χ0v) is 20.6. The van der Waals surface area contributed by atoms with Crippen molar-refractivity contribution in [3.63, 3.8) is 0 Å². The minimum Gasteiger partial charge on any atom is -0.479 e. The first-order chi connectivity index (χ1) is 16.9. The number of carbonyl (C=O) groups is 2. The monoisotopic (exact) mass is 504 g/mol. The van der Waals surface area contributed by atoms with E-state index in [2.05, 4.69) is 10.3 Å². The molecule has 2 aromatic heterocycles. The molecule has 176 valence electrons. The van der Waals surface area contributed by atoms with E-state index in [1.807, 2.05) is 43.3 Å². The summed E-state index contributed by atoms with van der Waals surface area (Å²) >= 11 is 7.72. The summed E-state index contributed by atoms with van der Waals surface area (Å²) in [5.41, 5.74) is 3.43. The number of ether oxygens (including phenoxy) is 1. The second-order valence-electron chi connectivity index (χ2n) is 8.03. The molecule has 1 N–H and O–H groups in total. The molecule has 1 atom stereocenters. The first kappa shape index (κ1) is 23.0. The van der Waals surface area contributed by atoms with Crippen LogP contribution in [0.3, 0.4) is 0 Å². The van der Waals surface area contributed by atoms with E-state index >= 15 is 0 Å². The smallest absolute Gasteiger partial charge is 0.268 e. The quantitative estimate of drug-likeness (QED) is 0.383. The Hall–Kier alpha value is -3.75. The molecule has 0 radical (unpaired) electrons. The van der Waals surface area contributed by atoms with Crippen molar-refractivity contribution in [3.8, 4) is 27.7 Å². The van der Waals surface area contributed by atoms with Crippen molar-refractivity contribution < 1.29 is 14.3 Å². The van der Waals surface area contributed by atoms with E-state index in [1.165, 1.54) is 4.90 Å². The lowest BCUT2D eigenvalue weighted by Crippen LogP contribution is -2.47. The fraction of sp³-hybridized carbons (Fsp3) is 0.154. The minimum absolute atomic E-state index is 0.177. The van der Waals surface area contributed by atoms with E-state index < -0.39 is 6.10 Å². The second kappa shape index (κ2) is 9.48. The van der Waals surface area contributed by atoms with Crippen LogP contribution in [0.1, 0.15) is 11.8 Å². The summed E-state index contributed by atoms with van der Waals surface area (Å²) in [5.74, 6) is -0.128. The van der Waals surface area contributed by atoms with Crippen molar-refractivity contribution >= 4 is 46.1 Å². The third-order valence-corrected chi connectivity index (χ3v) is 6.89. The Kier molecular flexibility index (Phi) is 6.23. The second-order valence-corrected chi connectivity index (χ2v) is 9.64. The number of halogens is 1. The van der Waals surface area contributed by atoms with Crippen LogP contribution in [0.2, 0.25) is 5.02 Å². The number of nitrogens with zero attached hydrogens (tertiary/aromatic N) is 3. The number of benzene rings is 2. The standard InChI is InChI=1S/C26H21ClN4O3S/c1-15-26(33)31(14-23(32)29-19-8-4-3-7-18(19)27)21-13-17(10-11-22(21)34-15)24-16(2)35-25(30-24)20-9-5-6-12-28-20/h3-13,15H,14H2,1-2H3,(H,29,32). The molecule has 3 heterocycles. The number of para-hydroxylation sites is 1. The van der Waals surface area contributed by atoms with Crippen LogP contribution in [-0.2, 0) is 9.59 Å². The van der Waals surface area contributed by atoms with Gasteiger partial charge in [-0.2, -0.15) is 0 Å². The normalized spacial score (nSPS) is 14.9. The highest BCUT2D eigenvalue weighted by Crippen LogP contribution is 2.40. The zero-order valence-electron chi connectivity index (χ0n) is 19.0. The first-order valence-electron chi connectivity index (χ1n) is 11.0. The SMILES string of the molecule is Cc1sc(-c2ccccn2)nc1-c1ccc2c(c1)N(CC(=O)Nc1ccccc1Cl)C(=O)C(C)O2. The van der Waals surface area contributed by atoms with Crippen LogP contribution in [0.15, 0.2) is 66.9 Å². The lowest BCUT2D eigenvalue weighted by atomic mass is 10.1. The van der Waals surface area contributed by atoms with Gasteiger partial charge < -0.3 is 10.1 Å². The Morgan fingerprint density at radius 3 is 2.74 bits per heavy atom. The molecule has 1 aliphatic rings. The van der Waals surface area contributed by atoms with E-state index in [0.29, 0.717) is 22.1 Å². The highest BCUT2D eigenvalue weighted by molar-refractivity contribution is 7.15. The lowest BCUT2D eigenvalue weighted by molar-refractivity contribution is -0.127. The number of thiazole rings is 1. The molecule has 0 bridgehead atoms. The predicted molar refractivity (Wildman–Crippen MR) is 138 cm³/mol. The number of aromatic nitrogens is 2. The van der Waals surface area contributed by atoms with Gasteiger partial charge in [-0.1, -0.05) is 29.8 Å². The number of nitrogens with one attached hydrogen (secondary N) is 1. The van der Waals surface area contributed by atoms with Crippen molar-refractivity contribution in [1.29, 1.82) is 0 Å². The van der Waals surface area contributed by atoms with Gasteiger partial charge in [-0.05, 0) is 56.3 Å². The van der Waals surface area contributed by atoms with Gasteiger partial charge in [-0.3, -0.25) is 19.5 Å². The van der Waals surface area contributed by atoms with Crippen LogP contribution >= 0.6 is 22.9 Å². The molecule has 0 aliphatic carbocycles. The molecule has 9 heteroatoms. The average molecular weight is 505 g/mol. The number of hydrogen-bond acceptors (Lipinski definition) is 6. The first-order valence-corrected chi connectivity index (χ1v) is 12.2. The maximum absolute atomic E-state index is 13.0. The molecule has 1 unspecified atom stereocenters. The van der Waals surface area contributed by atoms with Gasteiger partial charge >= 0.3 is 0 Å². The van der Waals surface area contributed by atoms with Gasteiger partial charge in [0.2, 0.25) is 5.91 Å². The molecule has 4 aromatic rings. The minimum atomic E-state index is -0.710. The van der Waals surface area contributed by atoms with Crippen LogP contribution in [0, 0.1) is 6.92 Å². The molecule has 0 saturated heterocycles. The number of fused-ring (bicyclic) bond motifs is 1. The van der Waals surface area contributed by atoms with Crippen LogP contribution < -0.4 is 15.0 Å². The molecule has 0 spiro atoms. The fourth-order valence-electron chi connectivity index (χ4n) is 3.88. The zero-order chi connectivity index (χ0) is 24.5. The topological polar surface area (TPSA) is 84.4 Å². The maximum atomic E-state index is 13.0. The average Bonchev–Trinajstić information content (AvgIpc) is 3.25. The largest absolute Gasteiger partial charge is 0.479 e. The van der Waals surface area contributed by atoms with Crippen LogP contribution in [0.25, 0.3) is 22.0 Å². The number of carbonyl (C=O) groups excluding carboxylic acids is 2. The van der Waals surface area contributed by atoms with Gasteiger partial charge in [-0.25, -0.2) is 4.98 Å². The molecule has 7 nitrogen and oxygen atoms in total. The van der Waals surface area contributed by atoms with Crippen LogP contribution in [0.5, 0.6) is 5.75 Å². The van der Waals surface area contributed by atoms with Crippen molar-refractivity contribution in [2.45, 2.75) is 20.0 Å². The number of amides is 2. The van der Waals surface area contributed by atoms with Gasteiger partial charge in [0, 0.05) is 16.6 Å². The summed E-state index contributed by atoms with van der Waals surface area (Å²) in [6.07, 6.45) is 1.03. The highest BCUT2D eigenvalue weighted by atomic mass is 35.5. The van der Waals surface area contributed by atoms with E-state index in [9.17, 15) is 9.59 Å². The molecule has 35 heavy (non-hydrogen) atoms. The number of rotatable bonds is 5. The van der Waals surface area contributed by atoms with Gasteiger partial charge in [0.15, 0.2) is 6.10 Å². The number of aryl methyl sites for hydroxylation is 1. The highest BCUT2D eigenvalue weighted by Gasteiger charge is 2.33. The molecule has 0 fully saturated rings. The van der Waals surface area contributed by atoms with Gasteiger partial charge in [0.1, 0.15) is 17.3 Å². The molecule has 1 aliphatic heterocycles. The van der Waals surface area contributed by atoms with Crippen molar-refractivity contribution in [1.82, 2.24) is 9.97 Å². The Morgan fingerprint density at radius 2 is 1.97 bits per heavy atom. The molecular formula is C26H21ClN4O3S. The third-order valence-electron chi connectivity index (χ3n) is 5.57. The third kappa shape index (κ3) is 4.62. The summed E-state index contributed by atoms with van der Waals surface area (Å²) in [4.78, 5) is 37.5. The number of pyridine rings is 1. The molecule has 5 rings (SSSR count). The Bertz CT molecular complexity index is 1420. The molecular weight excluding hydrogens is 484 g/mol. The van der Waals surface area contributed by atoms with Crippen molar-refractivity contribution in [2.24, 2.45) is 0 Å². The van der Waals surface area contributed by atoms with E-state index in [0.717, 1.165) is 26.8 Å². The van der Waals surface area contributed by atoms with Crippen LogP contribution in [0.4, 0.5) is 11.4 Å². The van der Waals surface area contributed by atoms with Crippen molar-refractivity contribution in [3.05, 3.63) is 76.8 Å². The fourth-order valence-corrected chi connectivity index (χ4v) is 4.97. The molecule has 0 saturated carbocycles. The summed E-state index contributed by atoms with van der Waals surface area (Å²) in [7, 11) is 0. The predicted octanol–water partition coefficient (Wildman–Crippen LogP) is 5.59. The van der Waals surface area contributed by atoms with Gasteiger partial charge in [0.25, 0.3) is 5.91 Å². The van der Waals surface area contributed by atoms with E-state index in [-0.39, 0.29) is 18.4 Å².